The summed E-state index contributed by atoms with van der Waals surface area (Å²) in [7, 11) is 0. The van der Waals surface area contributed by atoms with E-state index in [0.717, 1.165) is 42.9 Å². The SMILES string of the molecule is CC(C)C(Nc1nccs1)c1ccc(-c2ccc3cccc(F)c3c2)[nH]c1=O.CC(C)C(c1ccc(-c2ccc3cccc(F)c3c2)[nH]c1=O)n1ccsc1=N.CC(C)C(c1cnc(N)s1)c1ccc(-c2ccc3cccc(F)c3c2)[nH]c1=O. The van der Waals surface area contributed by atoms with Gasteiger partial charge in [-0.3, -0.25) is 19.8 Å². The lowest BCUT2D eigenvalue weighted by molar-refractivity contribution is 0.424. The van der Waals surface area contributed by atoms with Gasteiger partial charge in [-0.2, -0.15) is 0 Å². The number of nitrogens with two attached hydrogens (primary N) is 1. The van der Waals surface area contributed by atoms with Crippen LogP contribution < -0.4 is 32.5 Å². The Balaban J connectivity index is 0.000000140. The van der Waals surface area contributed by atoms with E-state index < -0.39 is 0 Å². The Labute approximate surface area is 493 Å². The van der Waals surface area contributed by atoms with Gasteiger partial charge in [-0.1, -0.05) is 120 Å². The van der Waals surface area contributed by atoms with Crippen LogP contribution in [0, 0.1) is 40.6 Å². The van der Waals surface area contributed by atoms with E-state index in [1.54, 1.807) is 48.8 Å². The highest BCUT2D eigenvalue weighted by Crippen LogP contribution is 2.36. The summed E-state index contributed by atoms with van der Waals surface area (Å²) < 4.78 is 44.2. The van der Waals surface area contributed by atoms with Crippen molar-refractivity contribution in [1.82, 2.24) is 29.5 Å². The zero-order chi connectivity index (χ0) is 59.3. The number of halogens is 3. The standard InChI is InChI=1S/3C22H20FN3OS/c1-12(2)20(19-11-25-22(24)28-19)15-8-9-18(26-21(15)27)14-7-6-13-4-3-5-17(23)16(13)10-14;1-13(2)20(26-10-11-28-22(26)24)16-8-9-19(25-21(16)27)15-7-6-14-4-3-5-18(23)17(14)12-15;1-13(2)20(26-22-24-10-11-28-22)16-8-9-19(25-21(16)27)15-7-6-14-4-3-5-18(23)17(14)12-15/h3-12,20H,1-2H3,(H2,24,25)(H,26,27);3-13,20,24H,1-2H3,(H,25,27);3-13,20H,1-2H3,(H,24,26)(H,25,27). The van der Waals surface area contributed by atoms with Crippen molar-refractivity contribution in [2.45, 2.75) is 59.5 Å². The van der Waals surface area contributed by atoms with Gasteiger partial charge in [0.05, 0.1) is 12.1 Å². The number of hydrogen-bond donors (Lipinski definition) is 6. The van der Waals surface area contributed by atoms with Gasteiger partial charge in [0, 0.05) is 90.1 Å². The highest BCUT2D eigenvalue weighted by molar-refractivity contribution is 7.15. The average Bonchev–Trinajstić information content (AvgIpc) is 2.82. The molecule has 0 aliphatic heterocycles. The predicted octanol–water partition coefficient (Wildman–Crippen LogP) is 15.7. The Kier molecular flexibility index (Phi) is 17.5. The van der Waals surface area contributed by atoms with Crippen molar-refractivity contribution < 1.29 is 13.2 Å². The summed E-state index contributed by atoms with van der Waals surface area (Å²) in [5.74, 6) is -0.360. The van der Waals surface area contributed by atoms with Gasteiger partial charge in [-0.25, -0.2) is 23.1 Å². The molecule has 0 saturated heterocycles. The quantitative estimate of drug-likeness (QED) is 0.0662. The molecular formula is C66H60F3N9O3S3. The summed E-state index contributed by atoms with van der Waals surface area (Å²) in [5, 5.41) is 20.5. The number of nitrogens with one attached hydrogen (secondary N) is 5. The number of H-pyrrole nitrogens is 3. The summed E-state index contributed by atoms with van der Waals surface area (Å²) in [4.78, 5) is 57.2. The van der Waals surface area contributed by atoms with Gasteiger partial charge >= 0.3 is 0 Å². The third kappa shape index (κ3) is 12.7. The number of aromatic nitrogens is 6. The lowest BCUT2D eigenvalue weighted by Crippen LogP contribution is -2.29. The highest BCUT2D eigenvalue weighted by atomic mass is 32.1. The predicted molar refractivity (Wildman–Crippen MR) is 338 cm³/mol. The second-order valence-electron chi connectivity index (χ2n) is 21.3. The normalized spacial score (nSPS) is 12.5. The molecule has 0 saturated carbocycles. The van der Waals surface area contributed by atoms with Crippen molar-refractivity contribution in [1.29, 1.82) is 5.41 Å². The maximum Gasteiger partial charge on any atom is 0.253 e. The number of aromatic amines is 3. The van der Waals surface area contributed by atoms with Crippen LogP contribution in [-0.4, -0.2) is 29.5 Å². The Bertz CT molecular complexity index is 4560. The molecule has 12 rings (SSSR count). The van der Waals surface area contributed by atoms with Crippen LogP contribution >= 0.6 is 34.0 Å². The van der Waals surface area contributed by atoms with Gasteiger partial charge in [-0.15, -0.1) is 34.0 Å². The molecule has 84 heavy (non-hydrogen) atoms. The van der Waals surface area contributed by atoms with E-state index in [1.165, 1.54) is 52.2 Å². The molecule has 6 aromatic carbocycles. The van der Waals surface area contributed by atoms with Gasteiger partial charge in [0.1, 0.15) is 17.5 Å². The van der Waals surface area contributed by atoms with Crippen molar-refractivity contribution in [3.05, 3.63) is 250 Å². The van der Waals surface area contributed by atoms with Crippen LogP contribution in [0.4, 0.5) is 23.4 Å². The molecule has 0 spiro atoms. The number of benzene rings is 6. The third-order valence-corrected chi connectivity index (χ3v) is 17.0. The molecule has 7 N–H and O–H groups in total. The molecule has 0 aliphatic rings. The fraction of sp³-hybridized carbons (Fsp3) is 0.182. The number of fused-ring (bicyclic) bond motifs is 3. The average molecular weight is 1180 g/mol. The summed E-state index contributed by atoms with van der Waals surface area (Å²) >= 11 is 4.24. The van der Waals surface area contributed by atoms with Crippen LogP contribution in [0.25, 0.3) is 66.1 Å². The number of hydrogen-bond acceptors (Lipinski definition) is 11. The molecule has 0 fully saturated rings. The molecule has 6 heterocycles. The topological polar surface area (TPSA) is 191 Å². The first-order valence-corrected chi connectivity index (χ1v) is 29.8. The number of nitrogen functional groups attached to an aromatic ring is 1. The van der Waals surface area contributed by atoms with Crippen molar-refractivity contribution in [3.63, 3.8) is 0 Å². The van der Waals surface area contributed by atoms with E-state index >= 15 is 0 Å². The zero-order valence-electron chi connectivity index (χ0n) is 46.7. The molecule has 0 bridgehead atoms. The second-order valence-corrected chi connectivity index (χ2v) is 24.2. The van der Waals surface area contributed by atoms with Gasteiger partial charge in [0.2, 0.25) is 0 Å². The fourth-order valence-electron chi connectivity index (χ4n) is 10.5. The van der Waals surface area contributed by atoms with E-state index in [0.29, 0.717) is 59.9 Å². The van der Waals surface area contributed by atoms with E-state index in [2.05, 4.69) is 57.9 Å². The van der Waals surface area contributed by atoms with Crippen molar-refractivity contribution in [2.75, 3.05) is 11.1 Å². The molecule has 0 radical (unpaired) electrons. The maximum absolute atomic E-state index is 14.1. The Morgan fingerprint density at radius 3 is 1.40 bits per heavy atom. The van der Waals surface area contributed by atoms with E-state index in [1.807, 2.05) is 126 Å². The Morgan fingerprint density at radius 1 is 0.548 bits per heavy atom. The fourth-order valence-corrected chi connectivity index (χ4v) is 12.7. The van der Waals surface area contributed by atoms with Crippen LogP contribution in [0.5, 0.6) is 0 Å². The largest absolute Gasteiger partial charge is 0.375 e. The second kappa shape index (κ2) is 25.3. The van der Waals surface area contributed by atoms with E-state index in [-0.39, 0.29) is 69.9 Å². The maximum atomic E-state index is 14.1. The van der Waals surface area contributed by atoms with Gasteiger partial charge < -0.3 is 30.6 Å². The third-order valence-electron chi connectivity index (χ3n) is 14.7. The summed E-state index contributed by atoms with van der Waals surface area (Å²) in [6, 6.07) is 42.2. The molecule has 12 nitrogen and oxygen atoms in total. The molecule has 18 heteroatoms. The van der Waals surface area contributed by atoms with Gasteiger partial charge in [0.15, 0.2) is 15.1 Å². The van der Waals surface area contributed by atoms with Crippen molar-refractivity contribution >= 4 is 76.6 Å². The Morgan fingerprint density at radius 2 is 1.02 bits per heavy atom. The number of pyridine rings is 3. The molecular weight excluding hydrogens is 1120 g/mol. The summed E-state index contributed by atoms with van der Waals surface area (Å²) in [6.45, 7) is 12.3. The summed E-state index contributed by atoms with van der Waals surface area (Å²) in [5.41, 5.74) is 11.5. The van der Waals surface area contributed by atoms with E-state index in [4.69, 9.17) is 11.1 Å². The molecule has 3 atom stereocenters. The molecule has 0 aliphatic carbocycles. The van der Waals surface area contributed by atoms with Crippen LogP contribution in [0.1, 0.15) is 81.1 Å². The smallest absolute Gasteiger partial charge is 0.253 e. The zero-order valence-corrected chi connectivity index (χ0v) is 49.2. The molecule has 6 aromatic heterocycles. The number of rotatable bonds is 13. The Hall–Kier alpha value is -8.97. The van der Waals surface area contributed by atoms with E-state index in [9.17, 15) is 27.6 Å². The lowest BCUT2D eigenvalue weighted by atomic mass is 9.88. The van der Waals surface area contributed by atoms with Crippen molar-refractivity contribution in [3.8, 4) is 33.8 Å². The molecule has 3 unspecified atom stereocenters. The van der Waals surface area contributed by atoms with Crippen LogP contribution in [0.15, 0.2) is 189 Å². The van der Waals surface area contributed by atoms with Gasteiger partial charge in [0.25, 0.3) is 16.7 Å². The first-order chi connectivity index (χ1) is 40.4. The van der Waals surface area contributed by atoms with Crippen LogP contribution in [0.3, 0.4) is 0 Å². The highest BCUT2D eigenvalue weighted by Gasteiger charge is 2.25. The minimum atomic E-state index is -0.282. The minimum Gasteiger partial charge on any atom is -0.375 e. The van der Waals surface area contributed by atoms with Crippen LogP contribution in [0.2, 0.25) is 0 Å². The minimum absolute atomic E-state index is 0.0818. The molecule has 0 amide bonds. The lowest BCUT2D eigenvalue weighted by Gasteiger charge is -2.22. The molecule has 426 valence electrons. The summed E-state index contributed by atoms with van der Waals surface area (Å²) in [6.07, 6.45) is 5.32. The molecule has 12 aromatic rings. The van der Waals surface area contributed by atoms with Crippen LogP contribution in [-0.2, 0) is 0 Å². The number of anilines is 2. The first kappa shape index (κ1) is 58.2. The number of thiazole rings is 3. The van der Waals surface area contributed by atoms with Crippen molar-refractivity contribution in [2.24, 2.45) is 17.8 Å². The first-order valence-electron chi connectivity index (χ1n) is 27.3. The monoisotopic (exact) mass is 1180 g/mol. The number of nitrogens with zero attached hydrogens (tertiary/aromatic N) is 3. The van der Waals surface area contributed by atoms with Gasteiger partial charge in [-0.05, 0) is 117 Å².